The maximum atomic E-state index is 14.2. The Morgan fingerprint density at radius 2 is 1.74 bits per heavy atom. The average molecular weight is 498 g/mol. The minimum atomic E-state index is -4.09. The second-order valence-electron chi connectivity index (χ2n) is 7.68. The van der Waals surface area contributed by atoms with Gasteiger partial charge >= 0.3 is 6.01 Å². The molecule has 0 fully saturated rings. The number of hydrogen-bond acceptors (Lipinski definition) is 8. The number of nitrogens with one attached hydrogen (secondary N) is 1. The number of halogens is 2. The highest BCUT2D eigenvalue weighted by atomic mass is 32.2. The molecule has 0 radical (unpaired) electrons. The minimum Gasteiger partial charge on any atom is -0.467 e. The summed E-state index contributed by atoms with van der Waals surface area (Å²) in [5, 5.41) is 3.07. The van der Waals surface area contributed by atoms with E-state index >= 15 is 0 Å². The number of sulfone groups is 1. The van der Waals surface area contributed by atoms with Gasteiger partial charge in [0.1, 0.15) is 28.2 Å². The fourth-order valence-electron chi connectivity index (χ4n) is 3.58. The minimum absolute atomic E-state index is 0.202. The lowest BCUT2D eigenvalue weighted by Crippen LogP contribution is -2.11. The standard InChI is InChI=1S/C24H21F2N5O3S/c1-14-18(16-6-8-27-23(10-16)30-22-7-9-28-24(31-22)34-3)12-29-15(2)19(14)13-35(32,33)21-5-4-17(25)11-20(21)26/h4-12H,13H2,1-3H3,(H,27,28,30,31). The first-order chi connectivity index (χ1) is 16.7. The van der Waals surface area contributed by atoms with Crippen LogP contribution in [0.5, 0.6) is 6.01 Å². The quantitative estimate of drug-likeness (QED) is 0.371. The van der Waals surface area contributed by atoms with Crippen LogP contribution in [0.4, 0.5) is 20.4 Å². The van der Waals surface area contributed by atoms with E-state index in [1.165, 1.54) is 7.11 Å². The van der Waals surface area contributed by atoms with Gasteiger partial charge in [0.2, 0.25) is 0 Å². The number of nitrogens with zero attached hydrogens (tertiary/aromatic N) is 4. The molecule has 0 amide bonds. The molecule has 0 saturated carbocycles. The van der Waals surface area contributed by atoms with Gasteiger partial charge in [-0.1, -0.05) is 0 Å². The molecule has 3 aromatic heterocycles. The van der Waals surface area contributed by atoms with Crippen molar-refractivity contribution in [3.05, 3.63) is 83.4 Å². The van der Waals surface area contributed by atoms with Gasteiger partial charge in [-0.3, -0.25) is 4.98 Å². The van der Waals surface area contributed by atoms with Crippen LogP contribution in [0, 0.1) is 25.5 Å². The topological polar surface area (TPSA) is 107 Å². The Kier molecular flexibility index (Phi) is 6.70. The van der Waals surface area contributed by atoms with Gasteiger partial charge in [-0.15, -0.1) is 0 Å². The summed E-state index contributed by atoms with van der Waals surface area (Å²) in [6.45, 7) is 3.46. The number of aromatic nitrogens is 4. The van der Waals surface area contributed by atoms with Crippen LogP contribution in [-0.4, -0.2) is 35.5 Å². The van der Waals surface area contributed by atoms with Gasteiger partial charge < -0.3 is 10.1 Å². The van der Waals surface area contributed by atoms with Crippen molar-refractivity contribution in [3.8, 4) is 17.1 Å². The predicted molar refractivity (Wildman–Crippen MR) is 126 cm³/mol. The van der Waals surface area contributed by atoms with Crippen LogP contribution in [0.15, 0.2) is 59.9 Å². The summed E-state index contributed by atoms with van der Waals surface area (Å²) in [7, 11) is -2.63. The molecule has 4 aromatic rings. The van der Waals surface area contributed by atoms with E-state index in [4.69, 9.17) is 4.74 Å². The molecule has 0 spiro atoms. The van der Waals surface area contributed by atoms with Crippen LogP contribution in [-0.2, 0) is 15.6 Å². The smallest absolute Gasteiger partial charge is 0.318 e. The van der Waals surface area contributed by atoms with Gasteiger partial charge in [-0.05, 0) is 60.9 Å². The number of ether oxygens (including phenoxy) is 1. The molecule has 0 saturated heterocycles. The van der Waals surface area contributed by atoms with Crippen LogP contribution < -0.4 is 10.1 Å². The number of anilines is 2. The van der Waals surface area contributed by atoms with Crippen molar-refractivity contribution in [1.29, 1.82) is 0 Å². The summed E-state index contributed by atoms with van der Waals surface area (Å²) in [4.78, 5) is 16.3. The molecular weight excluding hydrogens is 476 g/mol. The Hall–Kier alpha value is -3.99. The van der Waals surface area contributed by atoms with Crippen LogP contribution in [0.2, 0.25) is 0 Å². The summed E-state index contributed by atoms with van der Waals surface area (Å²) in [5.41, 5.74) is 3.03. The molecular formula is C24H21F2N5O3S. The molecule has 180 valence electrons. The van der Waals surface area contributed by atoms with E-state index in [0.717, 1.165) is 17.7 Å². The first-order valence-corrected chi connectivity index (χ1v) is 12.1. The molecule has 8 nitrogen and oxygen atoms in total. The fraction of sp³-hybridized carbons (Fsp3) is 0.167. The lowest BCUT2D eigenvalue weighted by molar-refractivity contribution is 0.380. The normalized spacial score (nSPS) is 11.3. The SMILES string of the molecule is COc1nccc(Nc2cc(-c3cnc(C)c(CS(=O)(=O)c4ccc(F)cc4F)c3C)ccn2)n1. The van der Waals surface area contributed by atoms with Crippen LogP contribution >= 0.6 is 0 Å². The molecule has 0 aliphatic heterocycles. The summed E-state index contributed by atoms with van der Waals surface area (Å²) in [5.74, 6) is -1.49. The Labute approximate surface area is 201 Å². The van der Waals surface area contributed by atoms with Gasteiger partial charge in [0.05, 0.1) is 12.9 Å². The third kappa shape index (κ3) is 5.24. The number of methoxy groups -OCH3 is 1. The fourth-order valence-corrected chi connectivity index (χ4v) is 5.17. The molecule has 35 heavy (non-hydrogen) atoms. The molecule has 0 atom stereocenters. The number of hydrogen-bond donors (Lipinski definition) is 1. The van der Waals surface area contributed by atoms with E-state index < -0.39 is 32.1 Å². The summed E-state index contributed by atoms with van der Waals surface area (Å²) in [6, 6.07) is 7.81. The molecule has 0 unspecified atom stereocenters. The number of benzene rings is 1. The van der Waals surface area contributed by atoms with Crippen LogP contribution in [0.3, 0.4) is 0 Å². The van der Waals surface area contributed by atoms with E-state index in [1.807, 2.05) is 0 Å². The Morgan fingerprint density at radius 1 is 0.971 bits per heavy atom. The molecule has 0 bridgehead atoms. The highest BCUT2D eigenvalue weighted by molar-refractivity contribution is 7.90. The van der Waals surface area contributed by atoms with Gasteiger partial charge in [-0.25, -0.2) is 27.2 Å². The van der Waals surface area contributed by atoms with Crippen molar-refractivity contribution < 1.29 is 21.9 Å². The zero-order chi connectivity index (χ0) is 25.2. The third-order valence-corrected chi connectivity index (χ3v) is 7.06. The van der Waals surface area contributed by atoms with E-state index in [2.05, 4.69) is 25.3 Å². The summed E-state index contributed by atoms with van der Waals surface area (Å²) < 4.78 is 58.4. The lowest BCUT2D eigenvalue weighted by Gasteiger charge is -2.15. The molecule has 11 heteroatoms. The first-order valence-electron chi connectivity index (χ1n) is 10.4. The number of pyridine rings is 2. The van der Waals surface area contributed by atoms with Crippen LogP contribution in [0.1, 0.15) is 16.8 Å². The van der Waals surface area contributed by atoms with Crippen LogP contribution in [0.25, 0.3) is 11.1 Å². The second-order valence-corrected chi connectivity index (χ2v) is 9.64. The Balaban J connectivity index is 1.68. The van der Waals surface area contributed by atoms with E-state index in [9.17, 15) is 17.2 Å². The van der Waals surface area contributed by atoms with Gasteiger partial charge in [0.15, 0.2) is 9.84 Å². The molecule has 0 aliphatic rings. The number of rotatable bonds is 7. The first kappa shape index (κ1) is 24.1. The van der Waals surface area contributed by atoms with Crippen molar-refractivity contribution in [2.45, 2.75) is 24.5 Å². The monoisotopic (exact) mass is 497 g/mol. The van der Waals surface area contributed by atoms with Gasteiger partial charge in [-0.2, -0.15) is 4.98 Å². The van der Waals surface area contributed by atoms with Crippen molar-refractivity contribution in [2.75, 3.05) is 12.4 Å². The molecule has 4 rings (SSSR count). The molecule has 1 aromatic carbocycles. The Morgan fingerprint density at radius 3 is 2.49 bits per heavy atom. The molecule has 0 aliphatic carbocycles. The summed E-state index contributed by atoms with van der Waals surface area (Å²) >= 11 is 0. The van der Waals surface area contributed by atoms with Crippen molar-refractivity contribution in [1.82, 2.24) is 19.9 Å². The maximum Gasteiger partial charge on any atom is 0.318 e. The van der Waals surface area contributed by atoms with Crippen molar-refractivity contribution in [3.63, 3.8) is 0 Å². The highest BCUT2D eigenvalue weighted by Gasteiger charge is 2.23. The average Bonchev–Trinajstić information content (AvgIpc) is 2.82. The lowest BCUT2D eigenvalue weighted by atomic mass is 9.99. The van der Waals surface area contributed by atoms with Crippen molar-refractivity contribution >= 4 is 21.5 Å². The van der Waals surface area contributed by atoms with Crippen molar-refractivity contribution in [2.24, 2.45) is 0 Å². The third-order valence-electron chi connectivity index (χ3n) is 5.39. The number of aryl methyl sites for hydroxylation is 1. The second kappa shape index (κ2) is 9.71. The zero-order valence-electron chi connectivity index (χ0n) is 19.1. The van der Waals surface area contributed by atoms with E-state index in [1.54, 1.807) is 50.6 Å². The molecule has 1 N–H and O–H groups in total. The van der Waals surface area contributed by atoms with Gasteiger partial charge in [0.25, 0.3) is 0 Å². The van der Waals surface area contributed by atoms with Gasteiger partial charge in [0, 0.05) is 35.9 Å². The molecule has 3 heterocycles. The van der Waals surface area contributed by atoms with E-state index in [-0.39, 0.29) is 6.01 Å². The largest absolute Gasteiger partial charge is 0.467 e. The Bertz CT molecular complexity index is 1510. The van der Waals surface area contributed by atoms with E-state index in [0.29, 0.717) is 40.1 Å². The summed E-state index contributed by atoms with van der Waals surface area (Å²) in [6.07, 6.45) is 4.79. The highest BCUT2D eigenvalue weighted by Crippen LogP contribution is 2.31. The zero-order valence-corrected chi connectivity index (χ0v) is 19.9. The predicted octanol–water partition coefficient (Wildman–Crippen LogP) is 4.55. The maximum absolute atomic E-state index is 14.2.